The largest absolute Gasteiger partial charge is 0.487 e. The van der Waals surface area contributed by atoms with Gasteiger partial charge in [0.25, 0.3) is 0 Å². The third kappa shape index (κ3) is 6.01. The number of aromatic nitrogens is 1. The lowest BCUT2D eigenvalue weighted by molar-refractivity contribution is 0.207. The zero-order valence-electron chi connectivity index (χ0n) is 22.5. The number of sulfone groups is 1. The lowest BCUT2D eigenvalue weighted by Gasteiger charge is -2.34. The summed E-state index contributed by atoms with van der Waals surface area (Å²) in [5.41, 5.74) is 3.33. The maximum absolute atomic E-state index is 14.9. The van der Waals surface area contributed by atoms with Crippen LogP contribution < -0.4 is 9.64 Å². The molecule has 2 heterocycles. The standard InChI is InChI=1S/C30H36F2N2O3S/c1-5-21-15-23(6-2)30(33-18-21)34-13-11-22(12-14-34)19-37-29-27(31)16-25(17-28(29)32)24-7-9-26(10-8-24)38(35,36)20(3)4/h7-10,15-18,20,22H,5-6,11-14,19H2,1-4H3. The second kappa shape index (κ2) is 11.8. The minimum absolute atomic E-state index is 0.183. The molecule has 0 spiro atoms. The van der Waals surface area contributed by atoms with Crippen LogP contribution in [-0.2, 0) is 22.7 Å². The van der Waals surface area contributed by atoms with Crippen LogP contribution in [0.2, 0.25) is 0 Å². The molecule has 1 saturated heterocycles. The van der Waals surface area contributed by atoms with E-state index in [-0.39, 0.29) is 23.2 Å². The average molecular weight is 543 g/mol. The Bertz CT molecular complexity index is 1340. The maximum atomic E-state index is 14.9. The molecule has 1 aromatic heterocycles. The van der Waals surface area contributed by atoms with Gasteiger partial charge in [0, 0.05) is 19.3 Å². The minimum atomic E-state index is -3.42. The zero-order chi connectivity index (χ0) is 27.4. The Morgan fingerprint density at radius 3 is 2.16 bits per heavy atom. The Morgan fingerprint density at radius 1 is 0.974 bits per heavy atom. The molecule has 38 heavy (non-hydrogen) atoms. The SMILES string of the molecule is CCc1cnc(N2CCC(COc3c(F)cc(-c4ccc(S(=O)(=O)C(C)C)cc4)cc3F)CC2)c(CC)c1. The van der Waals surface area contributed by atoms with Gasteiger partial charge in [0.1, 0.15) is 5.82 Å². The van der Waals surface area contributed by atoms with E-state index in [1.165, 1.54) is 35.4 Å². The molecule has 0 atom stereocenters. The van der Waals surface area contributed by atoms with Crippen molar-refractivity contribution in [2.45, 2.75) is 63.5 Å². The summed E-state index contributed by atoms with van der Waals surface area (Å²) < 4.78 is 60.1. The molecule has 0 unspecified atom stereocenters. The van der Waals surface area contributed by atoms with Crippen LogP contribution in [0.3, 0.4) is 0 Å². The Kier molecular flexibility index (Phi) is 8.71. The summed E-state index contributed by atoms with van der Waals surface area (Å²) >= 11 is 0. The second-order valence-electron chi connectivity index (χ2n) is 10.2. The third-order valence-corrected chi connectivity index (χ3v) is 9.47. The molecule has 8 heteroatoms. The molecule has 5 nitrogen and oxygen atoms in total. The fraction of sp³-hybridized carbons (Fsp3) is 0.433. The van der Waals surface area contributed by atoms with E-state index in [9.17, 15) is 17.2 Å². The molecule has 0 bridgehead atoms. The number of benzene rings is 2. The number of hydrogen-bond donors (Lipinski definition) is 0. The molecule has 4 rings (SSSR count). The van der Waals surface area contributed by atoms with E-state index in [1.807, 2.05) is 6.20 Å². The summed E-state index contributed by atoms with van der Waals surface area (Å²) in [6.45, 7) is 9.38. The van der Waals surface area contributed by atoms with Crippen LogP contribution in [0.25, 0.3) is 11.1 Å². The molecule has 204 valence electrons. The lowest BCUT2D eigenvalue weighted by atomic mass is 9.97. The Balaban J connectivity index is 1.38. The van der Waals surface area contributed by atoms with Gasteiger partial charge >= 0.3 is 0 Å². The molecule has 0 radical (unpaired) electrons. The van der Waals surface area contributed by atoms with Crippen molar-refractivity contribution < 1.29 is 21.9 Å². The van der Waals surface area contributed by atoms with Crippen molar-refractivity contribution in [3.8, 4) is 16.9 Å². The number of rotatable bonds is 9. The molecule has 0 aliphatic carbocycles. The quantitative estimate of drug-likeness (QED) is 0.304. The summed E-state index contributed by atoms with van der Waals surface area (Å²) in [5.74, 6) is -0.694. The van der Waals surface area contributed by atoms with Gasteiger partial charge in [-0.25, -0.2) is 22.2 Å². The normalized spacial score (nSPS) is 14.8. The van der Waals surface area contributed by atoms with Crippen molar-refractivity contribution in [2.75, 3.05) is 24.6 Å². The molecule has 0 N–H and O–H groups in total. The van der Waals surface area contributed by atoms with E-state index in [1.54, 1.807) is 26.0 Å². The first-order valence-electron chi connectivity index (χ1n) is 13.3. The topological polar surface area (TPSA) is 59.5 Å². The number of aryl methyl sites for hydroxylation is 2. The van der Waals surface area contributed by atoms with Crippen molar-refractivity contribution >= 4 is 15.7 Å². The van der Waals surface area contributed by atoms with Crippen LogP contribution in [0.1, 0.15) is 51.7 Å². The number of nitrogens with zero attached hydrogens (tertiary/aromatic N) is 2. The van der Waals surface area contributed by atoms with E-state index < -0.39 is 26.7 Å². The smallest absolute Gasteiger partial charge is 0.190 e. The van der Waals surface area contributed by atoms with Crippen molar-refractivity contribution in [2.24, 2.45) is 5.92 Å². The van der Waals surface area contributed by atoms with Gasteiger partial charge in [0.15, 0.2) is 27.2 Å². The van der Waals surface area contributed by atoms with Crippen molar-refractivity contribution in [3.05, 3.63) is 71.4 Å². The summed E-state index contributed by atoms with van der Waals surface area (Å²) in [5, 5.41) is -0.551. The van der Waals surface area contributed by atoms with Gasteiger partial charge in [-0.3, -0.25) is 0 Å². The fourth-order valence-electron chi connectivity index (χ4n) is 4.78. The number of halogens is 2. The van der Waals surface area contributed by atoms with Crippen LogP contribution in [0.5, 0.6) is 5.75 Å². The molecule has 1 aliphatic heterocycles. The van der Waals surface area contributed by atoms with Crippen LogP contribution in [0, 0.1) is 17.6 Å². The van der Waals surface area contributed by atoms with Gasteiger partial charge in [-0.2, -0.15) is 0 Å². The van der Waals surface area contributed by atoms with Crippen LogP contribution in [0.4, 0.5) is 14.6 Å². The molecular formula is C30H36F2N2O3S. The second-order valence-corrected chi connectivity index (χ2v) is 12.7. The minimum Gasteiger partial charge on any atom is -0.487 e. The highest BCUT2D eigenvalue weighted by atomic mass is 32.2. The van der Waals surface area contributed by atoms with Crippen LogP contribution in [0.15, 0.2) is 53.6 Å². The molecule has 3 aromatic rings. The molecule has 0 saturated carbocycles. The third-order valence-electron chi connectivity index (χ3n) is 7.30. The van der Waals surface area contributed by atoms with E-state index >= 15 is 0 Å². The van der Waals surface area contributed by atoms with Crippen molar-refractivity contribution in [1.82, 2.24) is 4.98 Å². The highest BCUT2D eigenvalue weighted by Crippen LogP contribution is 2.32. The van der Waals surface area contributed by atoms with E-state index in [0.29, 0.717) is 11.1 Å². The Labute approximate surface area is 224 Å². The van der Waals surface area contributed by atoms with E-state index in [0.717, 1.165) is 44.6 Å². The predicted molar refractivity (Wildman–Crippen MR) is 148 cm³/mol. The van der Waals surface area contributed by atoms with Crippen molar-refractivity contribution in [3.63, 3.8) is 0 Å². The van der Waals surface area contributed by atoms with Gasteiger partial charge in [-0.15, -0.1) is 0 Å². The van der Waals surface area contributed by atoms with Gasteiger partial charge in [0.05, 0.1) is 16.8 Å². The first-order chi connectivity index (χ1) is 18.1. The molecule has 1 aliphatic rings. The van der Waals surface area contributed by atoms with Gasteiger partial charge in [-0.1, -0.05) is 32.0 Å². The Morgan fingerprint density at radius 2 is 1.61 bits per heavy atom. The highest BCUT2D eigenvalue weighted by Gasteiger charge is 2.24. The van der Waals surface area contributed by atoms with Crippen LogP contribution in [-0.4, -0.2) is 38.3 Å². The van der Waals surface area contributed by atoms with Gasteiger partial charge in [0.2, 0.25) is 0 Å². The van der Waals surface area contributed by atoms with Crippen LogP contribution >= 0.6 is 0 Å². The summed E-state index contributed by atoms with van der Waals surface area (Å²) in [7, 11) is -3.42. The first kappa shape index (κ1) is 28.0. The monoisotopic (exact) mass is 542 g/mol. The van der Waals surface area contributed by atoms with E-state index in [4.69, 9.17) is 9.72 Å². The Hall–Kier alpha value is -3.00. The molecule has 1 fully saturated rings. The first-order valence-corrected chi connectivity index (χ1v) is 14.9. The number of hydrogen-bond acceptors (Lipinski definition) is 5. The summed E-state index contributed by atoms with van der Waals surface area (Å²) in [6, 6.07) is 10.7. The highest BCUT2D eigenvalue weighted by molar-refractivity contribution is 7.92. The number of ether oxygens (including phenoxy) is 1. The van der Waals surface area contributed by atoms with E-state index in [2.05, 4.69) is 24.8 Å². The molecule has 0 amide bonds. The maximum Gasteiger partial charge on any atom is 0.190 e. The van der Waals surface area contributed by atoms with Gasteiger partial charge in [-0.05, 0) is 92.0 Å². The van der Waals surface area contributed by atoms with Crippen molar-refractivity contribution in [1.29, 1.82) is 0 Å². The number of piperidine rings is 1. The number of pyridine rings is 1. The average Bonchev–Trinajstić information content (AvgIpc) is 2.92. The summed E-state index contributed by atoms with van der Waals surface area (Å²) in [4.78, 5) is 7.19. The fourth-order valence-corrected chi connectivity index (χ4v) is 5.84. The molecule has 2 aromatic carbocycles. The molecular weight excluding hydrogens is 506 g/mol. The van der Waals surface area contributed by atoms with Gasteiger partial charge < -0.3 is 9.64 Å². The predicted octanol–water partition coefficient (Wildman–Crippen LogP) is 6.63. The lowest BCUT2D eigenvalue weighted by Crippen LogP contribution is -2.36. The summed E-state index contributed by atoms with van der Waals surface area (Å²) in [6.07, 6.45) is 5.54. The number of anilines is 1. The zero-order valence-corrected chi connectivity index (χ0v) is 23.3.